The number of ether oxygens (including phenoxy) is 2. The molecular formula is C9H19NO4S. The van der Waals surface area contributed by atoms with Gasteiger partial charge in [-0.3, -0.25) is 0 Å². The molecule has 1 rings (SSSR count). The Morgan fingerprint density at radius 1 is 1.53 bits per heavy atom. The minimum Gasteiger partial charge on any atom is -0.378 e. The van der Waals surface area contributed by atoms with Crippen molar-refractivity contribution in [3.05, 3.63) is 0 Å². The smallest absolute Gasteiger partial charge is 0.214 e. The lowest BCUT2D eigenvalue weighted by atomic mass is 10.0. The molecule has 0 spiro atoms. The molecule has 1 heterocycles. The van der Waals surface area contributed by atoms with Crippen LogP contribution >= 0.6 is 0 Å². The highest BCUT2D eigenvalue weighted by atomic mass is 32.2. The zero-order chi connectivity index (χ0) is 11.5. The molecule has 0 aliphatic carbocycles. The summed E-state index contributed by atoms with van der Waals surface area (Å²) in [6.45, 7) is 4.64. The summed E-state index contributed by atoms with van der Waals surface area (Å²) in [7, 11) is -1.64. The van der Waals surface area contributed by atoms with Crippen molar-refractivity contribution in [2.24, 2.45) is 0 Å². The summed E-state index contributed by atoms with van der Waals surface area (Å²) in [6, 6.07) is 0. The first-order valence-corrected chi connectivity index (χ1v) is 6.58. The summed E-state index contributed by atoms with van der Waals surface area (Å²) in [5.41, 5.74) is -0.484. The zero-order valence-electron chi connectivity index (χ0n) is 9.45. The zero-order valence-corrected chi connectivity index (χ0v) is 10.3. The fourth-order valence-corrected chi connectivity index (χ4v) is 2.16. The second kappa shape index (κ2) is 4.78. The molecule has 90 valence electrons. The number of sulfonamides is 1. The van der Waals surface area contributed by atoms with Gasteiger partial charge in [0.15, 0.2) is 0 Å². The maximum absolute atomic E-state index is 11.5. The van der Waals surface area contributed by atoms with Gasteiger partial charge in [0.25, 0.3) is 0 Å². The van der Waals surface area contributed by atoms with Crippen molar-refractivity contribution < 1.29 is 17.9 Å². The molecular weight excluding hydrogens is 218 g/mol. The fourth-order valence-electron chi connectivity index (χ4n) is 1.36. The average Bonchev–Trinajstić information content (AvgIpc) is 2.64. The van der Waals surface area contributed by atoms with Crippen molar-refractivity contribution in [3.63, 3.8) is 0 Å². The Morgan fingerprint density at radius 3 is 2.60 bits per heavy atom. The van der Waals surface area contributed by atoms with Crippen LogP contribution in [0.3, 0.4) is 0 Å². The van der Waals surface area contributed by atoms with Crippen LogP contribution in [0.5, 0.6) is 0 Å². The molecule has 1 aliphatic heterocycles. The van der Waals surface area contributed by atoms with Crippen molar-refractivity contribution in [2.45, 2.75) is 31.1 Å². The topological polar surface area (TPSA) is 64.6 Å². The molecule has 6 heteroatoms. The third-order valence-corrected chi connectivity index (χ3v) is 4.50. The molecule has 0 saturated carbocycles. The fraction of sp³-hybridized carbons (Fsp3) is 1.00. The predicted molar refractivity (Wildman–Crippen MR) is 57.2 cm³/mol. The van der Waals surface area contributed by atoms with Crippen LogP contribution in [0, 0.1) is 0 Å². The van der Waals surface area contributed by atoms with Gasteiger partial charge in [-0.25, -0.2) is 13.1 Å². The van der Waals surface area contributed by atoms with Crippen molar-refractivity contribution in [1.82, 2.24) is 4.72 Å². The summed E-state index contributed by atoms with van der Waals surface area (Å²) in [5.74, 6) is 0. The van der Waals surface area contributed by atoms with Gasteiger partial charge in [-0.15, -0.1) is 0 Å². The molecule has 5 nitrogen and oxygen atoms in total. The first kappa shape index (κ1) is 12.9. The van der Waals surface area contributed by atoms with E-state index in [1.54, 1.807) is 21.0 Å². The van der Waals surface area contributed by atoms with E-state index in [2.05, 4.69) is 4.72 Å². The molecule has 1 N–H and O–H groups in total. The van der Waals surface area contributed by atoms with Gasteiger partial charge in [0.1, 0.15) is 5.60 Å². The number of methoxy groups -OCH3 is 1. The second-order valence-corrected chi connectivity index (χ2v) is 6.43. The number of hydrogen-bond acceptors (Lipinski definition) is 4. The van der Waals surface area contributed by atoms with Crippen molar-refractivity contribution in [2.75, 3.05) is 26.9 Å². The van der Waals surface area contributed by atoms with Crippen LogP contribution in [0.25, 0.3) is 0 Å². The molecule has 0 bridgehead atoms. The molecule has 1 saturated heterocycles. The Balaban J connectivity index is 2.55. The lowest BCUT2D eigenvalue weighted by molar-refractivity contribution is -0.0121. The van der Waals surface area contributed by atoms with Gasteiger partial charge in [-0.1, -0.05) is 0 Å². The molecule has 1 unspecified atom stereocenters. The molecule has 1 atom stereocenters. The van der Waals surface area contributed by atoms with Gasteiger partial charge >= 0.3 is 0 Å². The van der Waals surface area contributed by atoms with Crippen LogP contribution < -0.4 is 4.72 Å². The van der Waals surface area contributed by atoms with E-state index >= 15 is 0 Å². The molecule has 0 aromatic heterocycles. The normalized spacial score (nSPS) is 27.5. The van der Waals surface area contributed by atoms with E-state index in [1.165, 1.54) is 0 Å². The van der Waals surface area contributed by atoms with Gasteiger partial charge in [0.05, 0.1) is 11.9 Å². The third-order valence-electron chi connectivity index (χ3n) is 2.72. The van der Waals surface area contributed by atoms with Crippen LogP contribution in [0.15, 0.2) is 0 Å². The maximum atomic E-state index is 11.5. The average molecular weight is 237 g/mol. The highest BCUT2D eigenvalue weighted by molar-refractivity contribution is 7.90. The second-order valence-electron chi connectivity index (χ2n) is 4.10. The maximum Gasteiger partial charge on any atom is 0.214 e. The third kappa shape index (κ3) is 3.14. The van der Waals surface area contributed by atoms with Crippen LogP contribution in [0.1, 0.15) is 20.3 Å². The molecule has 1 aliphatic rings. The van der Waals surface area contributed by atoms with Gasteiger partial charge in [-0.2, -0.15) is 0 Å². The Kier molecular flexibility index (Phi) is 4.11. The minimum absolute atomic E-state index is 0.282. The molecule has 0 amide bonds. The summed E-state index contributed by atoms with van der Waals surface area (Å²) in [6.07, 6.45) is 0.726. The Hall–Kier alpha value is -0.170. The van der Waals surface area contributed by atoms with E-state index in [4.69, 9.17) is 9.47 Å². The highest BCUT2D eigenvalue weighted by Gasteiger charge is 2.36. The van der Waals surface area contributed by atoms with Crippen LogP contribution in [0.4, 0.5) is 0 Å². The Labute approximate surface area is 91.2 Å². The van der Waals surface area contributed by atoms with Gasteiger partial charge < -0.3 is 9.47 Å². The van der Waals surface area contributed by atoms with Crippen molar-refractivity contribution >= 4 is 10.0 Å². The molecule has 0 aromatic carbocycles. The largest absolute Gasteiger partial charge is 0.378 e. The SMILES string of the molecule is COC1(CNS(=O)(=O)C(C)C)CCOC1. The predicted octanol–water partition coefficient (Wildman–Crippen LogP) is 0.120. The van der Waals surface area contributed by atoms with E-state index < -0.39 is 20.9 Å². The van der Waals surface area contributed by atoms with E-state index in [1.807, 2.05) is 0 Å². The lowest BCUT2D eigenvalue weighted by Crippen LogP contribution is -2.46. The van der Waals surface area contributed by atoms with E-state index in [0.29, 0.717) is 13.2 Å². The van der Waals surface area contributed by atoms with Gasteiger partial charge in [-0.05, 0) is 13.8 Å². The van der Waals surface area contributed by atoms with Gasteiger partial charge in [0.2, 0.25) is 10.0 Å². The molecule has 0 aromatic rings. The first-order valence-electron chi connectivity index (χ1n) is 5.03. The van der Waals surface area contributed by atoms with Gasteiger partial charge in [0, 0.05) is 26.7 Å². The van der Waals surface area contributed by atoms with Crippen LogP contribution in [0.2, 0.25) is 0 Å². The van der Waals surface area contributed by atoms with E-state index in [0.717, 1.165) is 6.42 Å². The quantitative estimate of drug-likeness (QED) is 0.737. The Morgan fingerprint density at radius 2 is 2.20 bits per heavy atom. The monoisotopic (exact) mass is 237 g/mol. The number of rotatable bonds is 5. The summed E-state index contributed by atoms with van der Waals surface area (Å²) in [4.78, 5) is 0. The number of hydrogen-bond donors (Lipinski definition) is 1. The lowest BCUT2D eigenvalue weighted by Gasteiger charge is -2.26. The van der Waals surface area contributed by atoms with Crippen LogP contribution in [-0.4, -0.2) is 46.1 Å². The van der Waals surface area contributed by atoms with Crippen molar-refractivity contribution in [1.29, 1.82) is 0 Å². The molecule has 15 heavy (non-hydrogen) atoms. The van der Waals surface area contributed by atoms with Crippen molar-refractivity contribution in [3.8, 4) is 0 Å². The summed E-state index contributed by atoms with van der Waals surface area (Å²) in [5, 5.41) is -0.422. The summed E-state index contributed by atoms with van der Waals surface area (Å²) >= 11 is 0. The first-order chi connectivity index (χ1) is 6.92. The van der Waals surface area contributed by atoms with E-state index in [-0.39, 0.29) is 6.54 Å². The minimum atomic E-state index is -3.22. The Bertz CT molecular complexity index is 293. The summed E-state index contributed by atoms with van der Waals surface area (Å²) < 4.78 is 36.2. The molecule has 1 fully saturated rings. The molecule has 0 radical (unpaired) electrons. The standard InChI is InChI=1S/C9H19NO4S/c1-8(2)15(11,12)10-6-9(13-3)4-5-14-7-9/h8,10H,4-7H2,1-3H3. The number of nitrogens with one attached hydrogen (secondary N) is 1. The highest BCUT2D eigenvalue weighted by Crippen LogP contribution is 2.21. The van der Waals surface area contributed by atoms with Crippen LogP contribution in [-0.2, 0) is 19.5 Å². The van der Waals surface area contributed by atoms with E-state index in [9.17, 15) is 8.42 Å².